The fourth-order valence-corrected chi connectivity index (χ4v) is 5.10. The first kappa shape index (κ1) is 16.8. The first-order valence-corrected chi connectivity index (χ1v) is 10.1. The number of benzene rings is 2. The Balaban J connectivity index is 1.72. The lowest BCUT2D eigenvalue weighted by atomic mass is 10.1. The van der Waals surface area contributed by atoms with E-state index in [0.29, 0.717) is 5.56 Å². The standard InChI is InChI=1S/C19H18N2O4S/c1-13-11-14-5-2-3-8-17(14)20(13)19(23)15-6-4-7-16(12-15)21-18(22)9-10-26(21,24)25/h2-8,12-13H,9-11H2,1H3/t13-/m1/s1. The van der Waals surface area contributed by atoms with Gasteiger partial charge in [-0.2, -0.15) is 0 Å². The summed E-state index contributed by atoms with van der Waals surface area (Å²) in [4.78, 5) is 26.8. The second-order valence-corrected chi connectivity index (χ2v) is 8.57. The highest BCUT2D eigenvalue weighted by molar-refractivity contribution is 7.94. The van der Waals surface area contributed by atoms with Crippen LogP contribution in [0.1, 0.15) is 29.3 Å². The van der Waals surface area contributed by atoms with Gasteiger partial charge in [-0.3, -0.25) is 9.59 Å². The molecule has 134 valence electrons. The van der Waals surface area contributed by atoms with E-state index in [4.69, 9.17) is 0 Å². The van der Waals surface area contributed by atoms with E-state index in [1.54, 1.807) is 23.1 Å². The van der Waals surface area contributed by atoms with E-state index in [0.717, 1.165) is 22.0 Å². The minimum absolute atomic E-state index is 0.0145. The van der Waals surface area contributed by atoms with Crippen LogP contribution in [-0.2, 0) is 21.2 Å². The van der Waals surface area contributed by atoms with Crippen LogP contribution in [0.5, 0.6) is 0 Å². The fraction of sp³-hybridized carbons (Fsp3) is 0.263. The third-order valence-corrected chi connectivity index (χ3v) is 6.52. The Bertz CT molecular complexity index is 1020. The van der Waals surface area contributed by atoms with Gasteiger partial charge in [0, 0.05) is 23.7 Å². The predicted octanol–water partition coefficient (Wildman–Crippen LogP) is 2.34. The molecule has 7 heteroatoms. The first-order valence-electron chi connectivity index (χ1n) is 8.46. The quantitative estimate of drug-likeness (QED) is 0.813. The van der Waals surface area contributed by atoms with Crippen LogP contribution in [0.2, 0.25) is 0 Å². The third-order valence-electron chi connectivity index (χ3n) is 4.83. The Morgan fingerprint density at radius 3 is 2.62 bits per heavy atom. The van der Waals surface area contributed by atoms with Gasteiger partial charge in [-0.15, -0.1) is 0 Å². The number of hydrogen-bond acceptors (Lipinski definition) is 4. The highest BCUT2D eigenvalue weighted by Crippen LogP contribution is 2.34. The number of anilines is 2. The summed E-state index contributed by atoms with van der Waals surface area (Å²) in [5.41, 5.74) is 2.57. The van der Waals surface area contributed by atoms with E-state index < -0.39 is 15.9 Å². The summed E-state index contributed by atoms with van der Waals surface area (Å²) in [6.45, 7) is 1.98. The van der Waals surface area contributed by atoms with E-state index in [2.05, 4.69) is 0 Å². The second kappa shape index (κ2) is 5.95. The van der Waals surface area contributed by atoms with Crippen molar-refractivity contribution in [1.29, 1.82) is 0 Å². The molecular formula is C19H18N2O4S. The molecule has 1 saturated heterocycles. The molecule has 2 aliphatic heterocycles. The van der Waals surface area contributed by atoms with Gasteiger partial charge in [-0.1, -0.05) is 24.3 Å². The molecule has 1 fully saturated rings. The number of carbonyl (C=O) groups is 2. The van der Waals surface area contributed by atoms with Crippen LogP contribution in [-0.4, -0.2) is 32.0 Å². The largest absolute Gasteiger partial charge is 0.305 e. The lowest BCUT2D eigenvalue weighted by molar-refractivity contribution is -0.116. The molecule has 0 bridgehead atoms. The second-order valence-electron chi connectivity index (χ2n) is 6.63. The van der Waals surface area contributed by atoms with Crippen molar-refractivity contribution in [2.45, 2.75) is 25.8 Å². The number of rotatable bonds is 2. The highest BCUT2D eigenvalue weighted by atomic mass is 32.2. The van der Waals surface area contributed by atoms with Crippen molar-refractivity contribution in [3.8, 4) is 0 Å². The minimum atomic E-state index is -3.65. The van der Waals surface area contributed by atoms with Gasteiger partial charge in [-0.25, -0.2) is 12.7 Å². The van der Waals surface area contributed by atoms with Crippen LogP contribution in [0, 0.1) is 0 Å². The molecular weight excluding hydrogens is 352 g/mol. The minimum Gasteiger partial charge on any atom is -0.305 e. The lowest BCUT2D eigenvalue weighted by Gasteiger charge is -2.23. The monoisotopic (exact) mass is 370 g/mol. The summed E-state index contributed by atoms with van der Waals surface area (Å²) < 4.78 is 25.1. The summed E-state index contributed by atoms with van der Waals surface area (Å²) >= 11 is 0. The van der Waals surface area contributed by atoms with Gasteiger partial charge in [0.1, 0.15) is 0 Å². The molecule has 0 N–H and O–H groups in total. The van der Waals surface area contributed by atoms with Crippen molar-refractivity contribution in [3.05, 3.63) is 59.7 Å². The topological polar surface area (TPSA) is 74.8 Å². The molecule has 2 aromatic carbocycles. The summed E-state index contributed by atoms with van der Waals surface area (Å²) in [6, 6.07) is 14.0. The van der Waals surface area contributed by atoms with Gasteiger partial charge >= 0.3 is 0 Å². The Kier molecular flexibility index (Phi) is 3.84. The molecule has 0 aromatic heterocycles. The van der Waals surface area contributed by atoms with E-state index in [1.807, 2.05) is 31.2 Å². The summed E-state index contributed by atoms with van der Waals surface area (Å²) in [5, 5.41) is 0. The zero-order chi connectivity index (χ0) is 18.5. The molecule has 0 spiro atoms. The lowest BCUT2D eigenvalue weighted by Crippen LogP contribution is -2.36. The zero-order valence-corrected chi connectivity index (χ0v) is 15.1. The molecule has 1 atom stereocenters. The molecule has 26 heavy (non-hydrogen) atoms. The number of sulfonamides is 1. The van der Waals surface area contributed by atoms with Crippen molar-refractivity contribution < 1.29 is 18.0 Å². The third kappa shape index (κ3) is 2.59. The average molecular weight is 370 g/mol. The van der Waals surface area contributed by atoms with E-state index in [-0.39, 0.29) is 29.8 Å². The molecule has 4 rings (SSSR count). The normalized spacial score (nSPS) is 21.1. The van der Waals surface area contributed by atoms with Crippen LogP contribution in [0.15, 0.2) is 48.5 Å². The number of hydrogen-bond donors (Lipinski definition) is 0. The van der Waals surface area contributed by atoms with Gasteiger partial charge in [-0.05, 0) is 43.2 Å². The van der Waals surface area contributed by atoms with Crippen LogP contribution < -0.4 is 9.21 Å². The van der Waals surface area contributed by atoms with Crippen molar-refractivity contribution in [2.75, 3.05) is 15.0 Å². The maximum Gasteiger partial charge on any atom is 0.258 e. The Morgan fingerprint density at radius 1 is 1.12 bits per heavy atom. The van der Waals surface area contributed by atoms with Crippen molar-refractivity contribution in [3.63, 3.8) is 0 Å². The molecule has 0 saturated carbocycles. The summed E-state index contributed by atoms with van der Waals surface area (Å²) in [6.07, 6.45) is 0.748. The van der Waals surface area contributed by atoms with Crippen LogP contribution in [0.4, 0.5) is 11.4 Å². The molecule has 0 aliphatic carbocycles. The van der Waals surface area contributed by atoms with Crippen LogP contribution in [0.25, 0.3) is 0 Å². The molecule has 2 heterocycles. The number of carbonyl (C=O) groups excluding carboxylic acids is 2. The molecule has 6 nitrogen and oxygen atoms in total. The fourth-order valence-electron chi connectivity index (χ4n) is 3.65. The van der Waals surface area contributed by atoms with Gasteiger partial charge in [0.2, 0.25) is 15.9 Å². The Hall–Kier alpha value is -2.67. The van der Waals surface area contributed by atoms with E-state index >= 15 is 0 Å². The van der Waals surface area contributed by atoms with Crippen LogP contribution >= 0.6 is 0 Å². The molecule has 0 radical (unpaired) electrons. The van der Waals surface area contributed by atoms with Crippen LogP contribution in [0.3, 0.4) is 0 Å². The Labute approximate surface area is 152 Å². The first-order chi connectivity index (χ1) is 12.4. The number of amides is 2. The number of nitrogens with zero attached hydrogens (tertiary/aromatic N) is 2. The van der Waals surface area contributed by atoms with Gasteiger partial charge in [0.05, 0.1) is 11.4 Å². The molecule has 2 amide bonds. The smallest absolute Gasteiger partial charge is 0.258 e. The zero-order valence-electron chi connectivity index (χ0n) is 14.3. The summed E-state index contributed by atoms with van der Waals surface area (Å²) in [7, 11) is -3.65. The maximum atomic E-state index is 13.1. The molecule has 2 aromatic rings. The SMILES string of the molecule is C[C@@H]1Cc2ccccc2N1C(=O)c1cccc(N2C(=O)CCS2(=O)=O)c1. The van der Waals surface area contributed by atoms with Crippen molar-refractivity contribution >= 4 is 33.2 Å². The van der Waals surface area contributed by atoms with E-state index in [9.17, 15) is 18.0 Å². The number of para-hydroxylation sites is 1. The Morgan fingerprint density at radius 2 is 1.88 bits per heavy atom. The van der Waals surface area contributed by atoms with E-state index in [1.165, 1.54) is 6.07 Å². The van der Waals surface area contributed by atoms with Crippen molar-refractivity contribution in [1.82, 2.24) is 0 Å². The average Bonchev–Trinajstić information content (AvgIpc) is 3.09. The van der Waals surface area contributed by atoms with Crippen molar-refractivity contribution in [2.24, 2.45) is 0 Å². The van der Waals surface area contributed by atoms with Gasteiger partial charge in [0.25, 0.3) is 5.91 Å². The highest BCUT2D eigenvalue weighted by Gasteiger charge is 2.37. The number of fused-ring (bicyclic) bond motifs is 1. The van der Waals surface area contributed by atoms with Gasteiger partial charge in [0.15, 0.2) is 0 Å². The maximum absolute atomic E-state index is 13.1. The van der Waals surface area contributed by atoms with Gasteiger partial charge < -0.3 is 4.90 Å². The molecule has 0 unspecified atom stereocenters. The summed E-state index contributed by atoms with van der Waals surface area (Å²) in [5.74, 6) is -0.858. The predicted molar refractivity (Wildman–Crippen MR) is 98.7 cm³/mol. The molecule has 2 aliphatic rings.